The summed E-state index contributed by atoms with van der Waals surface area (Å²) in [7, 11) is 1.87. The molecule has 0 spiro atoms. The van der Waals surface area contributed by atoms with Crippen molar-refractivity contribution in [2.75, 3.05) is 5.73 Å². The first-order valence-corrected chi connectivity index (χ1v) is 5.37. The third kappa shape index (κ3) is 1.64. The third-order valence-electron chi connectivity index (χ3n) is 2.70. The summed E-state index contributed by atoms with van der Waals surface area (Å²) in [5.41, 5.74) is 7.61. The van der Waals surface area contributed by atoms with Crippen LogP contribution in [-0.2, 0) is 7.05 Å². The number of nitrogens with two attached hydrogens (primary N) is 1. The van der Waals surface area contributed by atoms with Crippen LogP contribution in [0, 0.1) is 0 Å². The van der Waals surface area contributed by atoms with E-state index in [0.29, 0.717) is 17.6 Å². The predicted molar refractivity (Wildman–Crippen MR) is 60.6 cm³/mol. The highest BCUT2D eigenvalue weighted by atomic mass is 15.3. The molecule has 2 N–H and O–H groups in total. The lowest BCUT2D eigenvalue weighted by Gasteiger charge is -2.02. The summed E-state index contributed by atoms with van der Waals surface area (Å²) in [4.78, 5) is 8.73. The first kappa shape index (κ1) is 9.33. The van der Waals surface area contributed by atoms with E-state index in [1.54, 1.807) is 4.68 Å². The molecule has 5 nitrogen and oxygen atoms in total. The van der Waals surface area contributed by atoms with Crippen LogP contribution in [0.25, 0.3) is 11.5 Å². The minimum absolute atomic E-state index is 0.526. The standard InChI is InChI=1S/C11H13N5/c1-16-5-4-8(15-16)11-13-9(7-2-3-7)6-10(12)14-11/h4-7H,2-3H2,1H3,(H2,12,13,14). The Kier molecular flexibility index (Phi) is 1.92. The molecule has 0 saturated heterocycles. The second kappa shape index (κ2) is 3.30. The molecule has 0 aliphatic heterocycles. The van der Waals surface area contributed by atoms with E-state index in [1.165, 1.54) is 12.8 Å². The van der Waals surface area contributed by atoms with E-state index >= 15 is 0 Å². The van der Waals surface area contributed by atoms with Crippen LogP contribution in [0.4, 0.5) is 5.82 Å². The molecule has 0 aromatic carbocycles. The zero-order valence-electron chi connectivity index (χ0n) is 9.09. The van der Waals surface area contributed by atoms with E-state index in [-0.39, 0.29) is 0 Å². The van der Waals surface area contributed by atoms with Crippen molar-refractivity contribution in [1.82, 2.24) is 19.7 Å². The monoisotopic (exact) mass is 215 g/mol. The van der Waals surface area contributed by atoms with E-state index in [1.807, 2.05) is 25.4 Å². The predicted octanol–water partition coefficient (Wildman–Crippen LogP) is 1.34. The number of hydrogen-bond donors (Lipinski definition) is 1. The van der Waals surface area contributed by atoms with Gasteiger partial charge in [0, 0.05) is 30.9 Å². The van der Waals surface area contributed by atoms with Crippen LogP contribution in [-0.4, -0.2) is 19.7 Å². The van der Waals surface area contributed by atoms with Gasteiger partial charge in [-0.05, 0) is 18.9 Å². The fraction of sp³-hybridized carbons (Fsp3) is 0.364. The van der Waals surface area contributed by atoms with Crippen LogP contribution >= 0.6 is 0 Å². The quantitative estimate of drug-likeness (QED) is 0.820. The van der Waals surface area contributed by atoms with Crippen molar-refractivity contribution in [3.8, 4) is 11.5 Å². The first-order valence-electron chi connectivity index (χ1n) is 5.37. The fourth-order valence-electron chi connectivity index (χ4n) is 1.72. The maximum absolute atomic E-state index is 5.78. The van der Waals surface area contributed by atoms with Crippen molar-refractivity contribution >= 4 is 5.82 Å². The van der Waals surface area contributed by atoms with Gasteiger partial charge in [-0.1, -0.05) is 0 Å². The van der Waals surface area contributed by atoms with E-state index in [0.717, 1.165) is 11.4 Å². The van der Waals surface area contributed by atoms with Crippen LogP contribution < -0.4 is 5.73 Å². The Balaban J connectivity index is 2.06. The van der Waals surface area contributed by atoms with E-state index in [4.69, 9.17) is 5.73 Å². The summed E-state index contributed by atoms with van der Waals surface area (Å²) in [5, 5.41) is 4.28. The van der Waals surface area contributed by atoms with Gasteiger partial charge in [-0.25, -0.2) is 9.97 Å². The average Bonchev–Trinajstić information content (AvgIpc) is 3.01. The Morgan fingerprint density at radius 3 is 2.81 bits per heavy atom. The highest BCUT2D eigenvalue weighted by Gasteiger charge is 2.26. The minimum Gasteiger partial charge on any atom is -0.384 e. The lowest BCUT2D eigenvalue weighted by Crippen LogP contribution is -2.00. The molecule has 0 unspecified atom stereocenters. The smallest absolute Gasteiger partial charge is 0.182 e. The molecule has 3 rings (SSSR count). The molecule has 1 saturated carbocycles. The number of nitrogen functional groups attached to an aromatic ring is 1. The molecule has 0 amide bonds. The third-order valence-corrected chi connectivity index (χ3v) is 2.70. The molecule has 82 valence electrons. The fourth-order valence-corrected chi connectivity index (χ4v) is 1.72. The maximum Gasteiger partial charge on any atom is 0.182 e. The molecule has 0 radical (unpaired) electrons. The van der Waals surface area contributed by atoms with Gasteiger partial charge >= 0.3 is 0 Å². The van der Waals surface area contributed by atoms with Crippen molar-refractivity contribution in [3.63, 3.8) is 0 Å². The lowest BCUT2D eigenvalue weighted by atomic mass is 10.2. The van der Waals surface area contributed by atoms with Crippen LogP contribution in [0.5, 0.6) is 0 Å². The Bertz CT molecular complexity index is 527. The first-order chi connectivity index (χ1) is 7.72. The summed E-state index contributed by atoms with van der Waals surface area (Å²) in [6, 6.07) is 3.76. The normalized spacial score (nSPS) is 15.3. The number of hydrogen-bond acceptors (Lipinski definition) is 4. The van der Waals surface area contributed by atoms with Crippen molar-refractivity contribution in [2.24, 2.45) is 7.05 Å². The zero-order valence-corrected chi connectivity index (χ0v) is 9.09. The number of aryl methyl sites for hydroxylation is 1. The molecular weight excluding hydrogens is 202 g/mol. The molecule has 2 aromatic rings. The topological polar surface area (TPSA) is 69.6 Å². The molecule has 0 bridgehead atoms. The lowest BCUT2D eigenvalue weighted by molar-refractivity contribution is 0.768. The van der Waals surface area contributed by atoms with Crippen LogP contribution in [0.2, 0.25) is 0 Å². The van der Waals surface area contributed by atoms with Gasteiger partial charge in [0.15, 0.2) is 5.82 Å². The van der Waals surface area contributed by atoms with Gasteiger partial charge in [0.25, 0.3) is 0 Å². The minimum atomic E-state index is 0.526. The molecule has 1 aliphatic rings. The van der Waals surface area contributed by atoms with Gasteiger partial charge in [0.1, 0.15) is 11.5 Å². The zero-order chi connectivity index (χ0) is 11.1. The van der Waals surface area contributed by atoms with Gasteiger partial charge in [0.05, 0.1) is 0 Å². The van der Waals surface area contributed by atoms with Crippen molar-refractivity contribution < 1.29 is 0 Å². The summed E-state index contributed by atoms with van der Waals surface area (Å²) in [6.45, 7) is 0. The Hall–Kier alpha value is -1.91. The Morgan fingerprint density at radius 1 is 1.38 bits per heavy atom. The molecular formula is C11H13N5. The summed E-state index contributed by atoms with van der Waals surface area (Å²) in [6.07, 6.45) is 4.29. The van der Waals surface area contributed by atoms with Gasteiger partial charge in [-0.15, -0.1) is 0 Å². The van der Waals surface area contributed by atoms with Crippen LogP contribution in [0.1, 0.15) is 24.5 Å². The number of nitrogens with zero attached hydrogens (tertiary/aromatic N) is 4. The second-order valence-corrected chi connectivity index (χ2v) is 4.19. The molecule has 0 atom stereocenters. The Labute approximate surface area is 93.3 Å². The summed E-state index contributed by atoms with van der Waals surface area (Å²) < 4.78 is 1.73. The van der Waals surface area contributed by atoms with Gasteiger partial charge in [-0.3, -0.25) is 4.68 Å². The molecule has 2 aromatic heterocycles. The van der Waals surface area contributed by atoms with Gasteiger partial charge in [-0.2, -0.15) is 5.10 Å². The van der Waals surface area contributed by atoms with Gasteiger partial charge in [0.2, 0.25) is 0 Å². The van der Waals surface area contributed by atoms with E-state index in [9.17, 15) is 0 Å². The van der Waals surface area contributed by atoms with Crippen LogP contribution in [0.15, 0.2) is 18.3 Å². The highest BCUT2D eigenvalue weighted by molar-refractivity contribution is 5.52. The molecule has 16 heavy (non-hydrogen) atoms. The number of anilines is 1. The summed E-state index contributed by atoms with van der Waals surface area (Å²) in [5.74, 6) is 1.73. The largest absolute Gasteiger partial charge is 0.384 e. The SMILES string of the molecule is Cn1ccc(-c2nc(N)cc(C3CC3)n2)n1. The highest BCUT2D eigenvalue weighted by Crippen LogP contribution is 2.39. The van der Waals surface area contributed by atoms with E-state index < -0.39 is 0 Å². The van der Waals surface area contributed by atoms with E-state index in [2.05, 4.69) is 15.1 Å². The van der Waals surface area contributed by atoms with Crippen LogP contribution in [0.3, 0.4) is 0 Å². The van der Waals surface area contributed by atoms with Gasteiger partial charge < -0.3 is 5.73 Å². The molecule has 1 aliphatic carbocycles. The molecule has 1 fully saturated rings. The van der Waals surface area contributed by atoms with Crippen molar-refractivity contribution in [3.05, 3.63) is 24.0 Å². The second-order valence-electron chi connectivity index (χ2n) is 4.19. The number of rotatable bonds is 2. The van der Waals surface area contributed by atoms with Crippen molar-refractivity contribution in [2.45, 2.75) is 18.8 Å². The average molecular weight is 215 g/mol. The maximum atomic E-state index is 5.78. The molecule has 5 heteroatoms. The van der Waals surface area contributed by atoms with Crippen molar-refractivity contribution in [1.29, 1.82) is 0 Å². The summed E-state index contributed by atoms with van der Waals surface area (Å²) >= 11 is 0. The number of aromatic nitrogens is 4. The molecule has 2 heterocycles. The Morgan fingerprint density at radius 2 is 2.19 bits per heavy atom.